The number of carbonyl (C=O) groups is 1. The second-order valence-corrected chi connectivity index (χ2v) is 4.68. The second kappa shape index (κ2) is 4.30. The number of hydrogen-bond donors (Lipinski definition) is 1. The molecule has 1 saturated heterocycles. The lowest BCUT2D eigenvalue weighted by Gasteiger charge is -2.37. The van der Waals surface area contributed by atoms with E-state index in [0.29, 0.717) is 0 Å². The van der Waals surface area contributed by atoms with Crippen LogP contribution in [0.15, 0.2) is 0 Å². The first-order valence-electron chi connectivity index (χ1n) is 5.82. The van der Waals surface area contributed by atoms with Crippen molar-refractivity contribution in [3.05, 3.63) is 0 Å². The van der Waals surface area contributed by atoms with Crippen molar-refractivity contribution in [1.82, 2.24) is 4.90 Å². The maximum absolute atomic E-state index is 11.2. The Bertz CT molecular complexity index is 211. The van der Waals surface area contributed by atoms with Crippen LogP contribution in [0.4, 0.5) is 0 Å². The first kappa shape index (κ1) is 9.97. The lowest BCUT2D eigenvalue weighted by Crippen LogP contribution is -2.61. The smallest absolute Gasteiger partial charge is 0.241 e. The van der Waals surface area contributed by atoms with Gasteiger partial charge in [0.2, 0.25) is 5.91 Å². The average Bonchev–Trinajstić information content (AvgIpc) is 2.25. The van der Waals surface area contributed by atoms with Crippen LogP contribution in [-0.2, 0) is 4.79 Å². The fourth-order valence-corrected chi connectivity index (χ4v) is 2.54. The highest BCUT2D eigenvalue weighted by atomic mass is 16.2. The number of hydrogen-bond acceptors (Lipinski definition) is 2. The molecule has 0 aromatic rings. The lowest BCUT2D eigenvalue weighted by molar-refractivity contribution is -0.142. The number of nitrogens with two attached hydrogens (primary N) is 1. The fourth-order valence-electron chi connectivity index (χ4n) is 2.54. The Kier molecular flexibility index (Phi) is 3.06. The molecule has 3 nitrogen and oxygen atoms in total. The fraction of sp³-hybridized carbons (Fsp3) is 0.909. The topological polar surface area (TPSA) is 46.3 Å². The summed E-state index contributed by atoms with van der Waals surface area (Å²) in [6.45, 7) is 1.72. The predicted octanol–water partition coefficient (Wildman–Crippen LogP) is 1.13. The van der Waals surface area contributed by atoms with Crippen LogP contribution in [-0.4, -0.2) is 29.9 Å². The van der Waals surface area contributed by atoms with Gasteiger partial charge in [-0.3, -0.25) is 4.79 Å². The zero-order valence-electron chi connectivity index (χ0n) is 8.74. The molecule has 80 valence electrons. The molecule has 2 rings (SSSR count). The number of carbonyl (C=O) groups excluding carboxylic acids is 1. The van der Waals surface area contributed by atoms with Crippen LogP contribution >= 0.6 is 0 Å². The third-order valence-electron chi connectivity index (χ3n) is 3.58. The Balaban J connectivity index is 1.65. The van der Waals surface area contributed by atoms with E-state index in [2.05, 4.69) is 0 Å². The molecule has 1 unspecified atom stereocenters. The number of amides is 1. The van der Waals surface area contributed by atoms with Gasteiger partial charge >= 0.3 is 0 Å². The van der Waals surface area contributed by atoms with E-state index in [1.54, 1.807) is 0 Å². The van der Waals surface area contributed by atoms with Gasteiger partial charge in [0, 0.05) is 13.1 Å². The van der Waals surface area contributed by atoms with Crippen molar-refractivity contribution in [2.75, 3.05) is 13.1 Å². The molecular formula is C11H20N2O. The number of likely N-dealkylation sites (tertiary alicyclic amines) is 1. The van der Waals surface area contributed by atoms with E-state index in [9.17, 15) is 4.79 Å². The highest BCUT2D eigenvalue weighted by molar-refractivity contribution is 5.87. The zero-order chi connectivity index (χ0) is 9.97. The Hall–Kier alpha value is -0.570. The van der Waals surface area contributed by atoms with Gasteiger partial charge in [0.05, 0.1) is 0 Å². The van der Waals surface area contributed by atoms with Gasteiger partial charge in [-0.2, -0.15) is 0 Å². The molecule has 1 aliphatic heterocycles. The van der Waals surface area contributed by atoms with Crippen molar-refractivity contribution >= 4 is 5.91 Å². The normalized spacial score (nSPS) is 29.1. The second-order valence-electron chi connectivity index (χ2n) is 4.68. The van der Waals surface area contributed by atoms with E-state index in [1.807, 2.05) is 4.90 Å². The molecule has 1 heterocycles. The van der Waals surface area contributed by atoms with E-state index in [0.717, 1.165) is 19.0 Å². The van der Waals surface area contributed by atoms with Gasteiger partial charge in [0.1, 0.15) is 6.04 Å². The monoisotopic (exact) mass is 196 g/mol. The van der Waals surface area contributed by atoms with Gasteiger partial charge in [-0.05, 0) is 12.3 Å². The molecule has 3 heteroatoms. The lowest BCUT2D eigenvalue weighted by atomic mass is 9.86. The number of nitrogens with zero attached hydrogens (tertiary/aromatic N) is 1. The van der Waals surface area contributed by atoms with E-state index >= 15 is 0 Å². The van der Waals surface area contributed by atoms with Crippen molar-refractivity contribution < 1.29 is 4.79 Å². The summed E-state index contributed by atoms with van der Waals surface area (Å²) < 4.78 is 0. The Morgan fingerprint density at radius 1 is 1.29 bits per heavy atom. The Labute approximate surface area is 85.6 Å². The van der Waals surface area contributed by atoms with Crippen LogP contribution in [0.5, 0.6) is 0 Å². The standard InChI is InChI=1S/C11H20N2O/c12-10-8-13(11(10)14)7-6-9-4-2-1-3-5-9/h9-10H,1-8,12H2. The minimum Gasteiger partial charge on any atom is -0.339 e. The summed E-state index contributed by atoms with van der Waals surface area (Å²) >= 11 is 0. The van der Waals surface area contributed by atoms with E-state index in [1.165, 1.54) is 38.5 Å². The van der Waals surface area contributed by atoms with Crippen LogP contribution in [0.3, 0.4) is 0 Å². The van der Waals surface area contributed by atoms with Crippen LogP contribution in [0.1, 0.15) is 38.5 Å². The molecule has 2 fully saturated rings. The molecule has 0 radical (unpaired) electrons. The third kappa shape index (κ3) is 2.08. The van der Waals surface area contributed by atoms with Gasteiger partial charge in [-0.1, -0.05) is 32.1 Å². The quantitative estimate of drug-likeness (QED) is 0.688. The summed E-state index contributed by atoms with van der Waals surface area (Å²) in [5, 5.41) is 0. The molecule has 1 amide bonds. The maximum Gasteiger partial charge on any atom is 0.241 e. The van der Waals surface area contributed by atoms with Gasteiger partial charge in [0.25, 0.3) is 0 Å². The van der Waals surface area contributed by atoms with Crippen LogP contribution < -0.4 is 5.73 Å². The van der Waals surface area contributed by atoms with E-state index in [4.69, 9.17) is 5.73 Å². The zero-order valence-corrected chi connectivity index (χ0v) is 8.74. The van der Waals surface area contributed by atoms with Crippen LogP contribution in [0, 0.1) is 5.92 Å². The largest absolute Gasteiger partial charge is 0.339 e. The Morgan fingerprint density at radius 2 is 2.00 bits per heavy atom. The third-order valence-corrected chi connectivity index (χ3v) is 3.58. The number of β-lactam (4-membered cyclic amide) rings is 1. The highest BCUT2D eigenvalue weighted by Crippen LogP contribution is 2.26. The summed E-state index contributed by atoms with van der Waals surface area (Å²) in [7, 11) is 0. The molecule has 1 atom stereocenters. The summed E-state index contributed by atoms with van der Waals surface area (Å²) in [6, 6.07) is -0.193. The van der Waals surface area contributed by atoms with Crippen LogP contribution in [0.2, 0.25) is 0 Å². The highest BCUT2D eigenvalue weighted by Gasteiger charge is 2.33. The average molecular weight is 196 g/mol. The van der Waals surface area contributed by atoms with Crippen molar-refractivity contribution in [3.63, 3.8) is 0 Å². The van der Waals surface area contributed by atoms with Gasteiger partial charge in [-0.15, -0.1) is 0 Å². The molecule has 0 aromatic heterocycles. The summed E-state index contributed by atoms with van der Waals surface area (Å²) in [6.07, 6.45) is 8.11. The summed E-state index contributed by atoms with van der Waals surface area (Å²) in [5.74, 6) is 1.02. The van der Waals surface area contributed by atoms with E-state index in [-0.39, 0.29) is 11.9 Å². The minimum atomic E-state index is -0.193. The molecule has 0 spiro atoms. The van der Waals surface area contributed by atoms with Crippen molar-refractivity contribution in [1.29, 1.82) is 0 Å². The molecular weight excluding hydrogens is 176 g/mol. The van der Waals surface area contributed by atoms with Gasteiger partial charge < -0.3 is 10.6 Å². The van der Waals surface area contributed by atoms with Crippen molar-refractivity contribution in [2.45, 2.75) is 44.6 Å². The van der Waals surface area contributed by atoms with Gasteiger partial charge in [-0.25, -0.2) is 0 Å². The summed E-state index contributed by atoms with van der Waals surface area (Å²) in [4.78, 5) is 13.1. The molecule has 2 N–H and O–H groups in total. The molecule has 1 aliphatic carbocycles. The predicted molar refractivity (Wildman–Crippen MR) is 55.7 cm³/mol. The van der Waals surface area contributed by atoms with Crippen molar-refractivity contribution in [2.24, 2.45) is 11.7 Å². The SMILES string of the molecule is NC1CN(CCC2CCCCC2)C1=O. The summed E-state index contributed by atoms with van der Waals surface area (Å²) in [5.41, 5.74) is 5.53. The van der Waals surface area contributed by atoms with Gasteiger partial charge in [0.15, 0.2) is 0 Å². The van der Waals surface area contributed by atoms with Crippen molar-refractivity contribution in [3.8, 4) is 0 Å². The molecule has 0 aromatic carbocycles. The first-order valence-corrected chi connectivity index (χ1v) is 5.82. The molecule has 2 aliphatic rings. The van der Waals surface area contributed by atoms with E-state index < -0.39 is 0 Å². The molecule has 0 bridgehead atoms. The maximum atomic E-state index is 11.2. The first-order chi connectivity index (χ1) is 6.77. The number of rotatable bonds is 3. The van der Waals surface area contributed by atoms with Crippen LogP contribution in [0.25, 0.3) is 0 Å². The molecule has 14 heavy (non-hydrogen) atoms. The molecule has 1 saturated carbocycles. The Morgan fingerprint density at radius 3 is 2.57 bits per heavy atom. The minimum absolute atomic E-state index is 0.154.